The molecule has 0 aliphatic heterocycles. The van der Waals surface area contributed by atoms with Gasteiger partial charge in [-0.3, -0.25) is 4.79 Å². The van der Waals surface area contributed by atoms with Gasteiger partial charge in [-0.05, 0) is 0 Å². The van der Waals surface area contributed by atoms with E-state index in [-0.39, 0.29) is 22.3 Å². The number of nitrogens with zero attached hydrogens (tertiary/aromatic N) is 1. The highest BCUT2D eigenvalue weighted by atomic mass is 32.1. The van der Waals surface area contributed by atoms with Gasteiger partial charge in [0.1, 0.15) is 11.5 Å². The predicted molar refractivity (Wildman–Crippen MR) is 45.3 cm³/mol. The zero-order valence-electron chi connectivity index (χ0n) is 6.81. The van der Waals surface area contributed by atoms with E-state index in [4.69, 9.17) is 5.11 Å². The normalized spacial score (nSPS) is 9.92. The third-order valence-electron chi connectivity index (χ3n) is 1.23. The van der Waals surface area contributed by atoms with Gasteiger partial charge in [-0.1, -0.05) is 0 Å². The van der Waals surface area contributed by atoms with Crippen LogP contribution in [0, 0.1) is 0 Å². The number of carboxylic acid groups (broad SMARTS) is 1. The van der Waals surface area contributed by atoms with E-state index in [1.165, 1.54) is 7.11 Å². The zero-order chi connectivity index (χ0) is 9.84. The van der Waals surface area contributed by atoms with Crippen LogP contribution in [0.2, 0.25) is 0 Å². The third kappa shape index (κ3) is 2.33. The standard InChI is InChI=1S/C7H7NO4S/c1-12-3-4(9)6-8-2-5(13-6)7(10)11/h2H,3H2,1H3,(H,10,11). The second-order valence-corrected chi connectivity index (χ2v) is 3.22. The van der Waals surface area contributed by atoms with E-state index in [1.54, 1.807) is 0 Å². The van der Waals surface area contributed by atoms with E-state index in [0.29, 0.717) is 0 Å². The number of carbonyl (C=O) groups is 2. The summed E-state index contributed by atoms with van der Waals surface area (Å²) in [5.74, 6) is -1.38. The molecule has 1 aromatic rings. The zero-order valence-corrected chi connectivity index (χ0v) is 7.63. The first-order valence-corrected chi connectivity index (χ1v) is 4.18. The molecule has 1 N–H and O–H groups in total. The average molecular weight is 201 g/mol. The molecule has 1 rings (SSSR count). The van der Waals surface area contributed by atoms with Gasteiger partial charge in [-0.15, -0.1) is 11.3 Å². The van der Waals surface area contributed by atoms with Crippen LogP contribution in [0.3, 0.4) is 0 Å². The summed E-state index contributed by atoms with van der Waals surface area (Å²) in [5, 5.41) is 8.70. The molecule has 0 aromatic carbocycles. The largest absolute Gasteiger partial charge is 0.477 e. The van der Waals surface area contributed by atoms with Crippen molar-refractivity contribution in [2.24, 2.45) is 0 Å². The quantitative estimate of drug-likeness (QED) is 0.724. The minimum atomic E-state index is -1.08. The highest BCUT2D eigenvalue weighted by molar-refractivity contribution is 7.15. The lowest BCUT2D eigenvalue weighted by molar-refractivity contribution is 0.0701. The van der Waals surface area contributed by atoms with Crippen molar-refractivity contribution in [1.82, 2.24) is 4.98 Å². The van der Waals surface area contributed by atoms with E-state index < -0.39 is 5.97 Å². The van der Waals surface area contributed by atoms with E-state index in [2.05, 4.69) is 9.72 Å². The molecule has 0 spiro atoms. The molecule has 0 saturated carbocycles. The van der Waals surface area contributed by atoms with Gasteiger partial charge in [-0.25, -0.2) is 9.78 Å². The summed E-state index contributed by atoms with van der Waals surface area (Å²) in [4.78, 5) is 25.3. The molecule has 0 unspecified atom stereocenters. The Morgan fingerprint density at radius 1 is 1.69 bits per heavy atom. The molecule has 0 amide bonds. The van der Waals surface area contributed by atoms with Crippen LogP contribution in [0.4, 0.5) is 0 Å². The highest BCUT2D eigenvalue weighted by Gasteiger charge is 2.13. The van der Waals surface area contributed by atoms with E-state index in [1.807, 2.05) is 0 Å². The summed E-state index contributed by atoms with van der Waals surface area (Å²) >= 11 is 0.849. The highest BCUT2D eigenvalue weighted by Crippen LogP contribution is 2.13. The molecular weight excluding hydrogens is 194 g/mol. The fraction of sp³-hybridized carbons (Fsp3) is 0.286. The van der Waals surface area contributed by atoms with Gasteiger partial charge in [-0.2, -0.15) is 0 Å². The summed E-state index contributed by atoms with van der Waals surface area (Å²) in [7, 11) is 1.39. The van der Waals surface area contributed by atoms with Gasteiger partial charge in [0, 0.05) is 7.11 Å². The van der Waals surface area contributed by atoms with Crippen LogP contribution >= 0.6 is 11.3 Å². The lowest BCUT2D eigenvalue weighted by atomic mass is 10.4. The molecule has 0 atom stereocenters. The van der Waals surface area contributed by atoms with Crippen LogP contribution in [0.25, 0.3) is 0 Å². The van der Waals surface area contributed by atoms with Gasteiger partial charge in [0.05, 0.1) is 6.20 Å². The number of carbonyl (C=O) groups excluding carboxylic acids is 1. The topological polar surface area (TPSA) is 76.5 Å². The predicted octanol–water partition coefficient (Wildman–Crippen LogP) is 0.670. The van der Waals surface area contributed by atoms with Crippen molar-refractivity contribution < 1.29 is 19.4 Å². The molecule has 0 radical (unpaired) electrons. The number of rotatable bonds is 4. The van der Waals surface area contributed by atoms with E-state index in [0.717, 1.165) is 17.5 Å². The number of methoxy groups -OCH3 is 1. The smallest absolute Gasteiger partial charge is 0.347 e. The van der Waals surface area contributed by atoms with Gasteiger partial charge in [0.25, 0.3) is 0 Å². The molecule has 1 heterocycles. The van der Waals surface area contributed by atoms with Crippen LogP contribution < -0.4 is 0 Å². The van der Waals surface area contributed by atoms with Crippen LogP contribution in [0.1, 0.15) is 19.5 Å². The number of hydrogen-bond acceptors (Lipinski definition) is 5. The Morgan fingerprint density at radius 3 is 2.85 bits per heavy atom. The third-order valence-corrected chi connectivity index (χ3v) is 2.26. The molecule has 1 aromatic heterocycles. The Bertz CT molecular complexity index is 333. The van der Waals surface area contributed by atoms with Crippen molar-refractivity contribution in [2.75, 3.05) is 13.7 Å². The maximum atomic E-state index is 11.1. The molecule has 0 saturated heterocycles. The second-order valence-electron chi connectivity index (χ2n) is 2.19. The average Bonchev–Trinajstić information content (AvgIpc) is 2.52. The van der Waals surface area contributed by atoms with Crippen molar-refractivity contribution in [3.8, 4) is 0 Å². The number of aromatic carboxylic acids is 1. The molecule has 0 aliphatic carbocycles. The minimum absolute atomic E-state index is 0.0550. The van der Waals surface area contributed by atoms with Crippen molar-refractivity contribution in [3.63, 3.8) is 0 Å². The van der Waals surface area contributed by atoms with Crippen LogP contribution in [-0.2, 0) is 4.74 Å². The van der Waals surface area contributed by atoms with Crippen LogP contribution in [0.5, 0.6) is 0 Å². The van der Waals surface area contributed by atoms with Gasteiger partial charge < -0.3 is 9.84 Å². The van der Waals surface area contributed by atoms with Crippen LogP contribution in [0.15, 0.2) is 6.20 Å². The lowest BCUT2D eigenvalue weighted by Crippen LogP contribution is -2.05. The summed E-state index contributed by atoms with van der Waals surface area (Å²) in [6, 6.07) is 0. The number of aromatic nitrogens is 1. The maximum absolute atomic E-state index is 11.1. The van der Waals surface area contributed by atoms with Gasteiger partial charge in [0.2, 0.25) is 5.78 Å². The summed E-state index contributed by atoms with van der Waals surface area (Å²) in [6.07, 6.45) is 1.16. The Hall–Kier alpha value is -1.27. The molecular formula is C7H7NO4S. The van der Waals surface area contributed by atoms with E-state index in [9.17, 15) is 9.59 Å². The minimum Gasteiger partial charge on any atom is -0.477 e. The Morgan fingerprint density at radius 2 is 2.38 bits per heavy atom. The number of Topliss-reactive ketones (excluding diaryl/α,β-unsaturated/α-hetero) is 1. The molecule has 0 bridgehead atoms. The number of ketones is 1. The van der Waals surface area contributed by atoms with Crippen molar-refractivity contribution in [3.05, 3.63) is 16.1 Å². The molecule has 0 fully saturated rings. The number of carboxylic acids is 1. The fourth-order valence-corrected chi connectivity index (χ4v) is 1.37. The SMILES string of the molecule is COCC(=O)c1ncc(C(=O)O)s1. The number of ether oxygens (including phenoxy) is 1. The summed E-state index contributed by atoms with van der Waals surface area (Å²) in [5.41, 5.74) is 0. The molecule has 70 valence electrons. The fourth-order valence-electron chi connectivity index (χ4n) is 0.695. The molecule has 0 aliphatic rings. The van der Waals surface area contributed by atoms with Crippen LogP contribution in [-0.4, -0.2) is 35.6 Å². The summed E-state index contributed by atoms with van der Waals surface area (Å²) < 4.78 is 4.60. The number of hydrogen-bond donors (Lipinski definition) is 1. The molecule has 6 heteroatoms. The summed E-state index contributed by atoms with van der Waals surface area (Å²) in [6.45, 7) is -0.0768. The molecule has 5 nitrogen and oxygen atoms in total. The molecule has 13 heavy (non-hydrogen) atoms. The van der Waals surface area contributed by atoms with Gasteiger partial charge in [0.15, 0.2) is 5.01 Å². The van der Waals surface area contributed by atoms with E-state index >= 15 is 0 Å². The Balaban J connectivity index is 2.79. The van der Waals surface area contributed by atoms with Crippen molar-refractivity contribution in [1.29, 1.82) is 0 Å². The van der Waals surface area contributed by atoms with Crippen molar-refractivity contribution >= 4 is 23.1 Å². The lowest BCUT2D eigenvalue weighted by Gasteiger charge is -1.91. The first-order valence-electron chi connectivity index (χ1n) is 3.36. The second kappa shape index (κ2) is 4.11. The van der Waals surface area contributed by atoms with Gasteiger partial charge >= 0.3 is 5.97 Å². The first kappa shape index (κ1) is 9.82. The van der Waals surface area contributed by atoms with Crippen molar-refractivity contribution in [2.45, 2.75) is 0 Å². The monoisotopic (exact) mass is 201 g/mol. The number of thiazole rings is 1. The Kier molecular flexibility index (Phi) is 3.10. The Labute approximate surface area is 78.0 Å². The first-order chi connectivity index (χ1) is 6.15. The maximum Gasteiger partial charge on any atom is 0.347 e.